The van der Waals surface area contributed by atoms with Crippen LogP contribution in [0.15, 0.2) is 0 Å². The van der Waals surface area contributed by atoms with Crippen LogP contribution in [0.2, 0.25) is 0 Å². The predicted octanol–water partition coefficient (Wildman–Crippen LogP) is 1.19. The molecular formula is C12H24N2O2. The van der Waals surface area contributed by atoms with Crippen LogP contribution in [0.1, 0.15) is 45.4 Å². The normalized spacial score (nSPS) is 22.8. The molecule has 0 aliphatic carbocycles. The van der Waals surface area contributed by atoms with Crippen molar-refractivity contribution < 1.29 is 9.53 Å². The Morgan fingerprint density at radius 1 is 1.56 bits per heavy atom. The van der Waals surface area contributed by atoms with Gasteiger partial charge in [-0.1, -0.05) is 13.3 Å². The second kappa shape index (κ2) is 7.63. The van der Waals surface area contributed by atoms with Gasteiger partial charge >= 0.3 is 0 Å². The van der Waals surface area contributed by atoms with Gasteiger partial charge in [0, 0.05) is 13.2 Å². The van der Waals surface area contributed by atoms with E-state index in [0.717, 1.165) is 32.3 Å². The molecule has 1 rings (SSSR count). The molecule has 1 unspecified atom stereocenters. The van der Waals surface area contributed by atoms with E-state index in [0.29, 0.717) is 12.6 Å². The Morgan fingerprint density at radius 3 is 3.00 bits per heavy atom. The standard InChI is InChI=1S/C12H24N2O2/c1-2-5-11(13)12(15)14-8-7-10-6-3-4-9-16-10/h10-11H,2-9,13H2,1H3,(H,14,15)/t10?,11-/m0/s1. The number of nitrogens with one attached hydrogen (secondary N) is 1. The molecule has 0 radical (unpaired) electrons. The van der Waals surface area contributed by atoms with E-state index in [-0.39, 0.29) is 11.9 Å². The van der Waals surface area contributed by atoms with Crippen molar-refractivity contribution in [1.82, 2.24) is 5.32 Å². The van der Waals surface area contributed by atoms with Crippen molar-refractivity contribution in [2.75, 3.05) is 13.2 Å². The minimum Gasteiger partial charge on any atom is -0.378 e. The average molecular weight is 228 g/mol. The molecule has 4 heteroatoms. The van der Waals surface area contributed by atoms with Crippen LogP contribution in [0.25, 0.3) is 0 Å². The zero-order valence-corrected chi connectivity index (χ0v) is 10.2. The highest BCUT2D eigenvalue weighted by molar-refractivity contribution is 5.81. The molecule has 0 saturated carbocycles. The van der Waals surface area contributed by atoms with Crippen molar-refractivity contribution in [1.29, 1.82) is 0 Å². The van der Waals surface area contributed by atoms with Gasteiger partial charge in [-0.15, -0.1) is 0 Å². The lowest BCUT2D eigenvalue weighted by Gasteiger charge is -2.22. The van der Waals surface area contributed by atoms with Crippen molar-refractivity contribution in [2.45, 2.75) is 57.6 Å². The summed E-state index contributed by atoms with van der Waals surface area (Å²) in [7, 11) is 0. The third-order valence-electron chi connectivity index (χ3n) is 2.98. The Bertz CT molecular complexity index is 203. The monoisotopic (exact) mass is 228 g/mol. The molecular weight excluding hydrogens is 204 g/mol. The summed E-state index contributed by atoms with van der Waals surface area (Å²) in [6.07, 6.45) is 6.47. The Morgan fingerprint density at radius 2 is 2.38 bits per heavy atom. The quantitative estimate of drug-likeness (QED) is 0.717. The Labute approximate surface area is 97.9 Å². The number of carbonyl (C=O) groups is 1. The fraction of sp³-hybridized carbons (Fsp3) is 0.917. The lowest BCUT2D eigenvalue weighted by Crippen LogP contribution is -2.41. The van der Waals surface area contributed by atoms with Crippen LogP contribution >= 0.6 is 0 Å². The van der Waals surface area contributed by atoms with Gasteiger partial charge in [0.2, 0.25) is 5.91 Å². The van der Waals surface area contributed by atoms with Crippen LogP contribution in [0, 0.1) is 0 Å². The van der Waals surface area contributed by atoms with Crippen LogP contribution in [-0.4, -0.2) is 31.2 Å². The SMILES string of the molecule is CCC[C@H](N)C(=O)NCCC1CCCCO1. The van der Waals surface area contributed by atoms with Gasteiger partial charge in [0.25, 0.3) is 0 Å². The van der Waals surface area contributed by atoms with Gasteiger partial charge in [-0.3, -0.25) is 4.79 Å². The number of nitrogens with two attached hydrogens (primary N) is 1. The summed E-state index contributed by atoms with van der Waals surface area (Å²) in [5.41, 5.74) is 5.70. The number of carbonyl (C=O) groups excluding carboxylic acids is 1. The summed E-state index contributed by atoms with van der Waals surface area (Å²) < 4.78 is 5.59. The van der Waals surface area contributed by atoms with E-state index < -0.39 is 0 Å². The van der Waals surface area contributed by atoms with E-state index >= 15 is 0 Å². The molecule has 1 heterocycles. The maximum atomic E-state index is 11.5. The fourth-order valence-electron chi connectivity index (χ4n) is 1.96. The van der Waals surface area contributed by atoms with E-state index in [4.69, 9.17) is 10.5 Å². The van der Waals surface area contributed by atoms with Gasteiger partial charge in [-0.2, -0.15) is 0 Å². The number of amides is 1. The summed E-state index contributed by atoms with van der Waals surface area (Å²) in [5.74, 6) is -0.0299. The summed E-state index contributed by atoms with van der Waals surface area (Å²) in [6, 6.07) is -0.350. The second-order valence-corrected chi connectivity index (χ2v) is 4.46. The summed E-state index contributed by atoms with van der Waals surface area (Å²) >= 11 is 0. The van der Waals surface area contributed by atoms with Crippen LogP contribution in [0.3, 0.4) is 0 Å². The van der Waals surface area contributed by atoms with Crippen molar-refractivity contribution in [3.8, 4) is 0 Å². The largest absolute Gasteiger partial charge is 0.378 e. The molecule has 1 aliphatic rings. The van der Waals surface area contributed by atoms with Crippen LogP contribution in [0.4, 0.5) is 0 Å². The van der Waals surface area contributed by atoms with Gasteiger partial charge in [0.15, 0.2) is 0 Å². The number of rotatable bonds is 6. The molecule has 1 saturated heterocycles. The number of ether oxygens (including phenoxy) is 1. The van der Waals surface area contributed by atoms with Gasteiger partial charge in [-0.25, -0.2) is 0 Å². The molecule has 0 aromatic carbocycles. The number of hydrogen-bond donors (Lipinski definition) is 2. The molecule has 94 valence electrons. The summed E-state index contributed by atoms with van der Waals surface area (Å²) in [4.78, 5) is 11.5. The van der Waals surface area contributed by atoms with E-state index in [1.54, 1.807) is 0 Å². The highest BCUT2D eigenvalue weighted by atomic mass is 16.5. The molecule has 1 fully saturated rings. The van der Waals surface area contributed by atoms with Crippen molar-refractivity contribution in [3.05, 3.63) is 0 Å². The molecule has 1 aliphatic heterocycles. The first kappa shape index (κ1) is 13.5. The minimum absolute atomic E-state index is 0.0299. The first-order chi connectivity index (χ1) is 7.74. The molecule has 2 atom stereocenters. The maximum absolute atomic E-state index is 11.5. The summed E-state index contributed by atoms with van der Waals surface area (Å²) in [6.45, 7) is 3.58. The molecule has 1 amide bonds. The number of hydrogen-bond acceptors (Lipinski definition) is 3. The topological polar surface area (TPSA) is 64.4 Å². The maximum Gasteiger partial charge on any atom is 0.236 e. The van der Waals surface area contributed by atoms with Crippen molar-refractivity contribution in [2.24, 2.45) is 5.73 Å². The highest BCUT2D eigenvalue weighted by Gasteiger charge is 2.15. The van der Waals surface area contributed by atoms with Gasteiger partial charge < -0.3 is 15.8 Å². The van der Waals surface area contributed by atoms with E-state index in [1.165, 1.54) is 12.8 Å². The molecule has 0 aromatic heterocycles. The third kappa shape index (κ3) is 4.94. The minimum atomic E-state index is -0.350. The molecule has 4 nitrogen and oxygen atoms in total. The van der Waals surface area contributed by atoms with Crippen LogP contribution in [0.5, 0.6) is 0 Å². The third-order valence-corrected chi connectivity index (χ3v) is 2.98. The van der Waals surface area contributed by atoms with Gasteiger partial charge in [-0.05, 0) is 32.1 Å². The Hall–Kier alpha value is -0.610. The zero-order chi connectivity index (χ0) is 11.8. The van der Waals surface area contributed by atoms with Crippen LogP contribution < -0.4 is 11.1 Å². The van der Waals surface area contributed by atoms with Crippen LogP contribution in [-0.2, 0) is 9.53 Å². The molecule has 0 aromatic rings. The van der Waals surface area contributed by atoms with Gasteiger partial charge in [0.1, 0.15) is 0 Å². The molecule has 0 bridgehead atoms. The summed E-state index contributed by atoms with van der Waals surface area (Å²) in [5, 5.41) is 2.87. The zero-order valence-electron chi connectivity index (χ0n) is 10.2. The predicted molar refractivity (Wildman–Crippen MR) is 64.1 cm³/mol. The van der Waals surface area contributed by atoms with Gasteiger partial charge in [0.05, 0.1) is 12.1 Å². The van der Waals surface area contributed by atoms with Crippen molar-refractivity contribution >= 4 is 5.91 Å². The van der Waals surface area contributed by atoms with E-state index in [9.17, 15) is 4.79 Å². The lowest BCUT2D eigenvalue weighted by atomic mass is 10.1. The van der Waals surface area contributed by atoms with E-state index in [1.807, 2.05) is 6.92 Å². The molecule has 3 N–H and O–H groups in total. The Kier molecular flexibility index (Phi) is 6.42. The highest BCUT2D eigenvalue weighted by Crippen LogP contribution is 2.14. The first-order valence-electron chi connectivity index (χ1n) is 6.39. The van der Waals surface area contributed by atoms with Crippen molar-refractivity contribution in [3.63, 3.8) is 0 Å². The van der Waals surface area contributed by atoms with E-state index in [2.05, 4.69) is 5.32 Å². The first-order valence-corrected chi connectivity index (χ1v) is 6.39. The second-order valence-electron chi connectivity index (χ2n) is 4.46. The lowest BCUT2D eigenvalue weighted by molar-refractivity contribution is -0.122. The fourth-order valence-corrected chi connectivity index (χ4v) is 1.96. The Balaban J connectivity index is 2.07. The average Bonchev–Trinajstić information content (AvgIpc) is 2.30. The molecule has 0 spiro atoms. The smallest absolute Gasteiger partial charge is 0.236 e. The molecule has 16 heavy (non-hydrogen) atoms.